The zero-order chi connectivity index (χ0) is 14.9. The minimum atomic E-state index is -0.951. The van der Waals surface area contributed by atoms with Gasteiger partial charge in [0.25, 0.3) is 0 Å². The van der Waals surface area contributed by atoms with Crippen molar-refractivity contribution in [2.45, 2.75) is 43.9 Å². The summed E-state index contributed by atoms with van der Waals surface area (Å²) in [5.41, 5.74) is -0.373. The smallest absolute Gasteiger partial charge is 0.169 e. The maximum Gasteiger partial charge on any atom is 0.169 e. The van der Waals surface area contributed by atoms with Gasteiger partial charge in [-0.05, 0) is 25.3 Å². The quantitative estimate of drug-likeness (QED) is 0.903. The first-order valence-electron chi connectivity index (χ1n) is 7.35. The normalized spacial score (nSPS) is 25.8. The fourth-order valence-corrected chi connectivity index (χ4v) is 2.74. The number of nitriles is 1. The first kappa shape index (κ1) is 14.3. The second-order valence-electron chi connectivity index (χ2n) is 6.07. The van der Waals surface area contributed by atoms with Gasteiger partial charge < -0.3 is 9.84 Å². The van der Waals surface area contributed by atoms with Gasteiger partial charge in [0.2, 0.25) is 0 Å². The molecule has 1 aromatic carbocycles. The van der Waals surface area contributed by atoms with E-state index in [2.05, 4.69) is 0 Å². The third kappa shape index (κ3) is 3.34. The van der Waals surface area contributed by atoms with Gasteiger partial charge in [0, 0.05) is 25.2 Å². The van der Waals surface area contributed by atoms with Crippen LogP contribution < -0.4 is 4.74 Å². The van der Waals surface area contributed by atoms with E-state index >= 15 is 0 Å². The van der Waals surface area contributed by atoms with Crippen LogP contribution in [0.5, 0.6) is 5.75 Å². The molecule has 1 saturated heterocycles. The summed E-state index contributed by atoms with van der Waals surface area (Å²) in [5.74, 6) is 0.0154. The van der Waals surface area contributed by atoms with E-state index in [0.717, 1.165) is 12.8 Å². The molecule has 2 aliphatic rings. The van der Waals surface area contributed by atoms with E-state index in [1.165, 1.54) is 0 Å². The highest BCUT2D eigenvalue weighted by molar-refractivity contribution is 5.31. The lowest BCUT2D eigenvalue weighted by Gasteiger charge is -2.21. The van der Waals surface area contributed by atoms with Crippen molar-refractivity contribution in [2.24, 2.45) is 0 Å². The fraction of sp³-hybridized carbons (Fsp3) is 0.562. The summed E-state index contributed by atoms with van der Waals surface area (Å²) in [6.45, 7) is 1.51. The van der Waals surface area contributed by atoms with E-state index in [4.69, 9.17) is 10.00 Å². The van der Waals surface area contributed by atoms with E-state index in [1.807, 2.05) is 11.0 Å². The Kier molecular flexibility index (Phi) is 3.83. The van der Waals surface area contributed by atoms with E-state index < -0.39 is 5.60 Å². The second kappa shape index (κ2) is 5.63. The molecule has 0 bridgehead atoms. The molecule has 0 radical (unpaired) electrons. The molecule has 0 aromatic heterocycles. The van der Waals surface area contributed by atoms with E-state index in [0.29, 0.717) is 37.4 Å². The summed E-state index contributed by atoms with van der Waals surface area (Å²) in [4.78, 5) is 1.98. The van der Waals surface area contributed by atoms with Gasteiger partial charge in [0.15, 0.2) is 11.6 Å². The molecule has 21 heavy (non-hydrogen) atoms. The lowest BCUT2D eigenvalue weighted by Crippen LogP contribution is -2.32. The van der Waals surface area contributed by atoms with Crippen molar-refractivity contribution in [2.75, 3.05) is 13.1 Å². The van der Waals surface area contributed by atoms with E-state index in [-0.39, 0.29) is 18.3 Å². The number of likely N-dealkylation sites (tertiary alicyclic amines) is 1. The molecular weight excluding hydrogens is 271 g/mol. The first-order chi connectivity index (χ1) is 10.1. The molecule has 1 heterocycles. The Labute approximate surface area is 123 Å². The van der Waals surface area contributed by atoms with Crippen LogP contribution in [0.1, 0.15) is 31.2 Å². The Hall–Kier alpha value is -1.64. The Morgan fingerprint density at radius 2 is 2.29 bits per heavy atom. The Morgan fingerprint density at radius 3 is 3.00 bits per heavy atom. The average molecular weight is 290 g/mol. The largest absolute Gasteiger partial charge is 0.487 e. The molecule has 3 rings (SSSR count). The fourth-order valence-electron chi connectivity index (χ4n) is 2.74. The zero-order valence-electron chi connectivity index (χ0n) is 11.9. The Bertz CT molecular complexity index is 568. The molecule has 2 fully saturated rings. The predicted octanol–water partition coefficient (Wildman–Crippen LogP) is 2.22. The third-order valence-corrected chi connectivity index (χ3v) is 4.07. The molecule has 1 aliphatic carbocycles. The highest BCUT2D eigenvalue weighted by atomic mass is 19.1. The van der Waals surface area contributed by atoms with Crippen LogP contribution in [0, 0.1) is 17.1 Å². The average Bonchev–Trinajstić information content (AvgIpc) is 3.18. The Balaban J connectivity index is 1.67. The summed E-state index contributed by atoms with van der Waals surface area (Å²) in [5, 5.41) is 18.9. The minimum Gasteiger partial charge on any atom is -0.487 e. The van der Waals surface area contributed by atoms with Crippen LogP contribution in [0.25, 0.3) is 0 Å². The second-order valence-corrected chi connectivity index (χ2v) is 6.07. The standard InChI is InChI=1S/C16H19FN2O2/c17-15-12(2-1-3-14(15)21-13-4-5-13)10-19-9-7-16(20,11-19)6-8-18/h1-3,13,20H,4-7,9-11H2. The van der Waals surface area contributed by atoms with Crippen molar-refractivity contribution < 1.29 is 14.2 Å². The summed E-state index contributed by atoms with van der Waals surface area (Å²) >= 11 is 0. The monoisotopic (exact) mass is 290 g/mol. The van der Waals surface area contributed by atoms with Crippen molar-refractivity contribution in [1.29, 1.82) is 5.26 Å². The number of nitrogens with zero attached hydrogens (tertiary/aromatic N) is 2. The van der Waals surface area contributed by atoms with Crippen LogP contribution in [-0.2, 0) is 6.54 Å². The molecule has 112 valence electrons. The van der Waals surface area contributed by atoms with Crippen LogP contribution in [0.4, 0.5) is 4.39 Å². The van der Waals surface area contributed by atoms with E-state index in [9.17, 15) is 9.50 Å². The number of benzene rings is 1. The van der Waals surface area contributed by atoms with Gasteiger partial charge in [-0.15, -0.1) is 0 Å². The summed E-state index contributed by atoms with van der Waals surface area (Å²) < 4.78 is 19.9. The van der Waals surface area contributed by atoms with Crippen LogP contribution in [0.2, 0.25) is 0 Å². The van der Waals surface area contributed by atoms with Gasteiger partial charge in [0.1, 0.15) is 0 Å². The van der Waals surface area contributed by atoms with Crippen molar-refractivity contribution in [1.82, 2.24) is 4.90 Å². The van der Waals surface area contributed by atoms with Crippen LogP contribution in [0.15, 0.2) is 18.2 Å². The topological polar surface area (TPSA) is 56.5 Å². The molecule has 1 N–H and O–H groups in total. The molecule has 4 nitrogen and oxygen atoms in total. The molecule has 0 amide bonds. The van der Waals surface area contributed by atoms with Crippen LogP contribution in [0.3, 0.4) is 0 Å². The van der Waals surface area contributed by atoms with Gasteiger partial charge in [-0.3, -0.25) is 4.90 Å². The van der Waals surface area contributed by atoms with Gasteiger partial charge in [-0.2, -0.15) is 5.26 Å². The number of β-amino-alcohol motifs (C(OH)–C–C–N with tert-alkyl or cyclic N) is 1. The predicted molar refractivity (Wildman–Crippen MR) is 75.1 cm³/mol. The molecule has 1 saturated carbocycles. The first-order valence-corrected chi connectivity index (χ1v) is 7.35. The van der Waals surface area contributed by atoms with Gasteiger partial charge >= 0.3 is 0 Å². The van der Waals surface area contributed by atoms with Crippen molar-refractivity contribution in [3.8, 4) is 11.8 Å². The minimum absolute atomic E-state index is 0.122. The maximum atomic E-state index is 14.4. The molecule has 1 aromatic rings. The number of aliphatic hydroxyl groups is 1. The number of hydrogen-bond donors (Lipinski definition) is 1. The molecule has 1 atom stereocenters. The maximum absolute atomic E-state index is 14.4. The number of ether oxygens (including phenoxy) is 1. The van der Waals surface area contributed by atoms with Gasteiger partial charge in [-0.1, -0.05) is 12.1 Å². The number of rotatable bonds is 5. The van der Waals surface area contributed by atoms with Crippen LogP contribution in [-0.4, -0.2) is 34.8 Å². The molecule has 0 spiro atoms. The van der Waals surface area contributed by atoms with Crippen LogP contribution >= 0.6 is 0 Å². The number of halogens is 1. The van der Waals surface area contributed by atoms with Crippen molar-refractivity contribution >= 4 is 0 Å². The molecular formula is C16H19FN2O2. The third-order valence-electron chi connectivity index (χ3n) is 4.07. The van der Waals surface area contributed by atoms with Gasteiger partial charge in [-0.25, -0.2) is 4.39 Å². The SMILES string of the molecule is N#CCC1(O)CCN(Cc2cccc(OC3CC3)c2F)C1. The Morgan fingerprint density at radius 1 is 1.48 bits per heavy atom. The molecule has 1 aliphatic heterocycles. The summed E-state index contributed by atoms with van der Waals surface area (Å²) in [6, 6.07) is 7.22. The lowest BCUT2D eigenvalue weighted by molar-refractivity contribution is 0.0530. The number of hydrogen-bond acceptors (Lipinski definition) is 4. The zero-order valence-corrected chi connectivity index (χ0v) is 11.9. The van der Waals surface area contributed by atoms with Crippen molar-refractivity contribution in [3.05, 3.63) is 29.6 Å². The molecule has 5 heteroatoms. The lowest BCUT2D eigenvalue weighted by atomic mass is 10.0. The van der Waals surface area contributed by atoms with Gasteiger partial charge in [0.05, 0.1) is 24.2 Å². The summed E-state index contributed by atoms with van der Waals surface area (Å²) in [7, 11) is 0. The van der Waals surface area contributed by atoms with Crippen molar-refractivity contribution in [3.63, 3.8) is 0 Å². The van der Waals surface area contributed by atoms with E-state index in [1.54, 1.807) is 18.2 Å². The highest BCUT2D eigenvalue weighted by Crippen LogP contribution is 2.31. The highest BCUT2D eigenvalue weighted by Gasteiger charge is 2.36. The molecule has 1 unspecified atom stereocenters. The summed E-state index contributed by atoms with van der Waals surface area (Å²) in [6.07, 6.45) is 2.84.